The summed E-state index contributed by atoms with van der Waals surface area (Å²) in [6.45, 7) is 0. The highest BCUT2D eigenvalue weighted by molar-refractivity contribution is 6.33. The second-order valence-electron chi connectivity index (χ2n) is 5.36. The van der Waals surface area contributed by atoms with E-state index in [2.05, 4.69) is 10.4 Å². The van der Waals surface area contributed by atoms with Gasteiger partial charge in [0.2, 0.25) is 0 Å². The molecule has 0 spiro atoms. The van der Waals surface area contributed by atoms with Gasteiger partial charge in [-0.2, -0.15) is 18.3 Å². The van der Waals surface area contributed by atoms with Gasteiger partial charge in [0.05, 0.1) is 27.5 Å². The fraction of sp³-hybridized carbons (Fsp3) is 0.118. The number of halogens is 5. The number of benzene rings is 2. The molecule has 0 unspecified atom stereocenters. The third kappa shape index (κ3) is 3.75. The summed E-state index contributed by atoms with van der Waals surface area (Å²) in [4.78, 5) is 0. The lowest BCUT2D eigenvalue weighted by atomic mass is 10.1. The molecule has 0 bridgehead atoms. The van der Waals surface area contributed by atoms with Gasteiger partial charge in [0.25, 0.3) is 0 Å². The number of aromatic nitrogens is 2. The Morgan fingerprint density at radius 2 is 1.72 bits per heavy atom. The van der Waals surface area contributed by atoms with Gasteiger partial charge in [0, 0.05) is 24.0 Å². The lowest BCUT2D eigenvalue weighted by Gasteiger charge is -2.12. The smallest absolute Gasteiger partial charge is 0.355 e. The molecule has 1 N–H and O–H groups in total. The van der Waals surface area contributed by atoms with Gasteiger partial charge in [-0.3, -0.25) is 4.68 Å². The predicted molar refractivity (Wildman–Crippen MR) is 93.4 cm³/mol. The molecule has 3 aromatic rings. The third-order valence-electron chi connectivity index (χ3n) is 3.59. The number of anilines is 2. The third-order valence-corrected chi connectivity index (χ3v) is 4.18. The van der Waals surface area contributed by atoms with E-state index in [9.17, 15) is 13.2 Å². The topological polar surface area (TPSA) is 29.9 Å². The molecule has 0 amide bonds. The van der Waals surface area contributed by atoms with Crippen LogP contribution in [-0.2, 0) is 13.2 Å². The number of rotatable bonds is 3. The second-order valence-corrected chi connectivity index (χ2v) is 6.18. The van der Waals surface area contributed by atoms with Crippen LogP contribution in [0, 0.1) is 0 Å². The highest BCUT2D eigenvalue weighted by atomic mass is 35.5. The Morgan fingerprint density at radius 3 is 2.32 bits per heavy atom. The summed E-state index contributed by atoms with van der Waals surface area (Å²) in [7, 11) is 1.77. The van der Waals surface area contributed by atoms with Crippen LogP contribution in [0.5, 0.6) is 0 Å². The van der Waals surface area contributed by atoms with E-state index < -0.39 is 11.7 Å². The van der Waals surface area contributed by atoms with Crippen molar-refractivity contribution in [3.05, 3.63) is 64.3 Å². The molecule has 3 rings (SSSR count). The Balaban J connectivity index is 1.90. The van der Waals surface area contributed by atoms with E-state index in [1.807, 2.05) is 18.2 Å². The fourth-order valence-corrected chi connectivity index (χ4v) is 3.03. The first-order chi connectivity index (χ1) is 11.8. The molecule has 0 aliphatic heterocycles. The molecular weight excluding hydrogens is 374 g/mol. The molecule has 1 heterocycles. The lowest BCUT2D eigenvalue weighted by Crippen LogP contribution is -2.06. The normalized spacial score (nSPS) is 11.6. The molecule has 1 aromatic heterocycles. The summed E-state index contributed by atoms with van der Waals surface area (Å²) in [6.07, 6.45) is -2.93. The van der Waals surface area contributed by atoms with E-state index in [1.54, 1.807) is 24.0 Å². The summed E-state index contributed by atoms with van der Waals surface area (Å²) in [5.41, 5.74) is 1.84. The Kier molecular flexibility index (Phi) is 4.67. The molecule has 0 aliphatic rings. The molecule has 0 aliphatic carbocycles. The first-order valence-electron chi connectivity index (χ1n) is 7.17. The van der Waals surface area contributed by atoms with Gasteiger partial charge in [-0.1, -0.05) is 35.3 Å². The van der Waals surface area contributed by atoms with E-state index in [4.69, 9.17) is 23.2 Å². The lowest BCUT2D eigenvalue weighted by molar-refractivity contribution is -0.137. The van der Waals surface area contributed by atoms with Gasteiger partial charge in [0.15, 0.2) is 0 Å². The Bertz CT molecular complexity index is 900. The van der Waals surface area contributed by atoms with Gasteiger partial charge in [-0.05, 0) is 30.3 Å². The standard InChI is InChI=1S/C17H12Cl2F3N3/c1-25-16(15(19)9-23-25)10-3-2-4-11(7-10)24-12-5-6-13(14(18)8-12)17(20,21)22/h2-9,24H,1H3. The zero-order valence-corrected chi connectivity index (χ0v) is 14.4. The van der Waals surface area contributed by atoms with Crippen molar-refractivity contribution >= 4 is 34.6 Å². The monoisotopic (exact) mass is 385 g/mol. The van der Waals surface area contributed by atoms with E-state index >= 15 is 0 Å². The molecule has 0 saturated carbocycles. The summed E-state index contributed by atoms with van der Waals surface area (Å²) in [5.74, 6) is 0. The Labute approximate surface area is 152 Å². The van der Waals surface area contributed by atoms with Crippen molar-refractivity contribution < 1.29 is 13.2 Å². The minimum Gasteiger partial charge on any atom is -0.355 e. The van der Waals surface area contributed by atoms with Crippen LogP contribution in [0.25, 0.3) is 11.3 Å². The average Bonchev–Trinajstić information content (AvgIpc) is 2.85. The number of nitrogens with zero attached hydrogens (tertiary/aromatic N) is 2. The van der Waals surface area contributed by atoms with Crippen LogP contribution < -0.4 is 5.32 Å². The molecule has 0 saturated heterocycles. The maximum absolute atomic E-state index is 12.8. The Hall–Kier alpha value is -2.18. The van der Waals surface area contributed by atoms with E-state index in [1.165, 1.54) is 12.1 Å². The summed E-state index contributed by atoms with van der Waals surface area (Å²) in [6, 6.07) is 10.8. The molecule has 2 aromatic carbocycles. The van der Waals surface area contributed by atoms with Gasteiger partial charge in [0.1, 0.15) is 0 Å². The highest BCUT2D eigenvalue weighted by Crippen LogP contribution is 2.36. The quantitative estimate of drug-likeness (QED) is 0.585. The molecule has 0 fully saturated rings. The number of alkyl halides is 3. The fourth-order valence-electron chi connectivity index (χ4n) is 2.47. The SMILES string of the molecule is Cn1ncc(Cl)c1-c1cccc(Nc2ccc(C(F)(F)F)c(Cl)c2)c1. The maximum atomic E-state index is 12.8. The Morgan fingerprint density at radius 1 is 1.00 bits per heavy atom. The van der Waals surface area contributed by atoms with Crippen LogP contribution in [-0.4, -0.2) is 9.78 Å². The van der Waals surface area contributed by atoms with Gasteiger partial charge < -0.3 is 5.32 Å². The van der Waals surface area contributed by atoms with Crippen LogP contribution in [0.2, 0.25) is 10.0 Å². The molecule has 0 atom stereocenters. The van der Waals surface area contributed by atoms with Crippen molar-refractivity contribution in [1.82, 2.24) is 9.78 Å². The van der Waals surface area contributed by atoms with Gasteiger partial charge >= 0.3 is 6.18 Å². The van der Waals surface area contributed by atoms with Crippen LogP contribution >= 0.6 is 23.2 Å². The number of nitrogens with one attached hydrogen (secondary N) is 1. The van der Waals surface area contributed by atoms with Crippen LogP contribution in [0.4, 0.5) is 24.5 Å². The van der Waals surface area contributed by atoms with Crippen molar-refractivity contribution in [2.75, 3.05) is 5.32 Å². The molecule has 130 valence electrons. The van der Waals surface area contributed by atoms with Crippen molar-refractivity contribution in [2.24, 2.45) is 7.05 Å². The van der Waals surface area contributed by atoms with Crippen LogP contribution in [0.1, 0.15) is 5.56 Å². The summed E-state index contributed by atoms with van der Waals surface area (Å²) < 4.78 is 40.0. The second kappa shape index (κ2) is 6.61. The average molecular weight is 386 g/mol. The number of hydrogen-bond donors (Lipinski definition) is 1. The predicted octanol–water partition coefficient (Wildman–Crippen LogP) is 6.16. The first kappa shape index (κ1) is 17.6. The minimum atomic E-state index is -4.48. The summed E-state index contributed by atoms with van der Waals surface area (Å²) in [5, 5.41) is 7.28. The largest absolute Gasteiger partial charge is 0.417 e. The van der Waals surface area contributed by atoms with E-state index in [-0.39, 0.29) is 5.02 Å². The summed E-state index contributed by atoms with van der Waals surface area (Å²) >= 11 is 11.9. The molecule has 0 radical (unpaired) electrons. The van der Waals surface area contributed by atoms with Crippen molar-refractivity contribution in [3.63, 3.8) is 0 Å². The van der Waals surface area contributed by atoms with E-state index in [0.717, 1.165) is 17.3 Å². The zero-order valence-electron chi connectivity index (χ0n) is 12.9. The van der Waals surface area contributed by atoms with Crippen molar-refractivity contribution in [3.8, 4) is 11.3 Å². The van der Waals surface area contributed by atoms with Crippen LogP contribution in [0.15, 0.2) is 48.7 Å². The van der Waals surface area contributed by atoms with Gasteiger partial charge in [-0.25, -0.2) is 0 Å². The number of aryl methyl sites for hydroxylation is 1. The minimum absolute atomic E-state index is 0.358. The molecule has 3 nitrogen and oxygen atoms in total. The first-order valence-corrected chi connectivity index (χ1v) is 7.93. The van der Waals surface area contributed by atoms with Crippen molar-refractivity contribution in [2.45, 2.75) is 6.18 Å². The van der Waals surface area contributed by atoms with Crippen molar-refractivity contribution in [1.29, 1.82) is 0 Å². The molecule has 8 heteroatoms. The van der Waals surface area contributed by atoms with Crippen LogP contribution in [0.3, 0.4) is 0 Å². The number of hydrogen-bond acceptors (Lipinski definition) is 2. The molecular formula is C17H12Cl2F3N3. The van der Waals surface area contributed by atoms with Gasteiger partial charge in [-0.15, -0.1) is 0 Å². The van der Waals surface area contributed by atoms with E-state index in [0.29, 0.717) is 16.4 Å². The maximum Gasteiger partial charge on any atom is 0.417 e. The highest BCUT2D eigenvalue weighted by Gasteiger charge is 2.33. The zero-order chi connectivity index (χ0) is 18.2. The molecule has 25 heavy (non-hydrogen) atoms.